The first kappa shape index (κ1) is 11.5. The zero-order valence-electron chi connectivity index (χ0n) is 9.98. The third-order valence-electron chi connectivity index (χ3n) is 3.89. The Balaban J connectivity index is 2.26. The number of benzene rings is 1. The Hall–Kier alpha value is -0.640. The molecule has 0 aliphatic heterocycles. The van der Waals surface area contributed by atoms with E-state index in [2.05, 4.69) is 54.6 Å². The van der Waals surface area contributed by atoms with Crippen molar-refractivity contribution in [1.82, 2.24) is 0 Å². The molecule has 0 aromatic heterocycles. The molecule has 2 aliphatic carbocycles. The lowest BCUT2D eigenvalue weighted by atomic mass is 9.80. The average Bonchev–Trinajstić information content (AvgIpc) is 2.49. The molecular weight excluding hydrogens is 326 g/mol. The van der Waals surface area contributed by atoms with Crippen LogP contribution in [0, 0.1) is 3.57 Å². The summed E-state index contributed by atoms with van der Waals surface area (Å²) in [5.41, 5.74) is 5.15. The van der Waals surface area contributed by atoms with E-state index in [1.165, 1.54) is 25.8 Å². The van der Waals surface area contributed by atoms with E-state index >= 15 is 0 Å². The van der Waals surface area contributed by atoms with Crippen LogP contribution in [0.1, 0.15) is 37.8 Å². The number of allylic oxidation sites excluding steroid dienone is 4. The number of halogens is 2. The molecule has 0 atom stereocenters. The van der Waals surface area contributed by atoms with Crippen molar-refractivity contribution < 1.29 is 4.39 Å². The molecule has 0 saturated heterocycles. The zero-order chi connectivity index (χ0) is 12.2. The minimum absolute atomic E-state index is 0.0272. The first-order valence-electron chi connectivity index (χ1n) is 5.90. The van der Waals surface area contributed by atoms with Crippen LogP contribution in [0.5, 0.6) is 0 Å². The fourth-order valence-electron chi connectivity index (χ4n) is 2.97. The fourth-order valence-corrected chi connectivity index (χ4v) is 3.47. The highest BCUT2D eigenvalue weighted by Gasteiger charge is 2.38. The van der Waals surface area contributed by atoms with Gasteiger partial charge in [-0.05, 0) is 69.5 Å². The number of hydrogen-bond donors (Lipinski definition) is 0. The van der Waals surface area contributed by atoms with Gasteiger partial charge < -0.3 is 0 Å². The van der Waals surface area contributed by atoms with Crippen molar-refractivity contribution in [2.24, 2.45) is 0 Å². The summed E-state index contributed by atoms with van der Waals surface area (Å²) < 4.78 is 14.7. The Morgan fingerprint density at radius 1 is 1.24 bits per heavy atom. The van der Waals surface area contributed by atoms with Crippen LogP contribution in [0.3, 0.4) is 0 Å². The number of hydrogen-bond acceptors (Lipinski definition) is 0. The van der Waals surface area contributed by atoms with Crippen LogP contribution in [0.15, 0.2) is 35.7 Å². The Morgan fingerprint density at radius 3 is 2.76 bits per heavy atom. The molecule has 1 aromatic rings. The molecule has 3 rings (SSSR count). The lowest BCUT2D eigenvalue weighted by Crippen LogP contribution is -2.17. The van der Waals surface area contributed by atoms with Crippen LogP contribution in [0.4, 0.5) is 4.39 Å². The summed E-state index contributed by atoms with van der Waals surface area (Å²) in [6.07, 6.45) is 3.15. The van der Waals surface area contributed by atoms with Gasteiger partial charge in [-0.1, -0.05) is 19.9 Å². The Kier molecular flexibility index (Phi) is 2.47. The smallest absolute Gasteiger partial charge is 0.101 e. The summed E-state index contributed by atoms with van der Waals surface area (Å²) in [6, 6.07) is 6.57. The van der Waals surface area contributed by atoms with E-state index in [1.54, 1.807) is 6.08 Å². The van der Waals surface area contributed by atoms with Gasteiger partial charge in [-0.2, -0.15) is 0 Å². The Labute approximate surface area is 115 Å². The van der Waals surface area contributed by atoms with Gasteiger partial charge in [-0.15, -0.1) is 0 Å². The van der Waals surface area contributed by atoms with Crippen molar-refractivity contribution in [2.45, 2.75) is 32.1 Å². The summed E-state index contributed by atoms with van der Waals surface area (Å²) in [4.78, 5) is 0. The third-order valence-corrected chi connectivity index (χ3v) is 4.56. The summed E-state index contributed by atoms with van der Waals surface area (Å²) >= 11 is 2.34. The van der Waals surface area contributed by atoms with Gasteiger partial charge in [0.1, 0.15) is 5.83 Å². The van der Waals surface area contributed by atoms with Gasteiger partial charge in [0.05, 0.1) is 0 Å². The van der Waals surface area contributed by atoms with Gasteiger partial charge >= 0.3 is 0 Å². The predicted molar refractivity (Wildman–Crippen MR) is 77.5 cm³/mol. The number of fused-ring (bicyclic) bond motifs is 2. The maximum atomic E-state index is 13.5. The fraction of sp³-hybridized carbons (Fsp3) is 0.333. The normalized spacial score (nSPS) is 21.1. The standard InChI is InChI=1S/C15H14FI/c1-15(2)13-7-9(16)3-5-11(13)12-6-4-10(17)8-14(12)15/h4,6-8H,3,5H2,1-2H3. The highest BCUT2D eigenvalue weighted by atomic mass is 127. The summed E-state index contributed by atoms with van der Waals surface area (Å²) in [5, 5.41) is 0. The van der Waals surface area contributed by atoms with Crippen molar-refractivity contribution in [3.63, 3.8) is 0 Å². The molecule has 1 aromatic carbocycles. The van der Waals surface area contributed by atoms with Gasteiger partial charge in [0.2, 0.25) is 0 Å². The van der Waals surface area contributed by atoms with E-state index in [0.29, 0.717) is 6.42 Å². The third kappa shape index (κ3) is 1.60. The van der Waals surface area contributed by atoms with Crippen molar-refractivity contribution in [3.8, 4) is 0 Å². The summed E-state index contributed by atoms with van der Waals surface area (Å²) in [6.45, 7) is 4.39. The Morgan fingerprint density at radius 2 is 2.00 bits per heavy atom. The molecule has 0 heterocycles. The van der Waals surface area contributed by atoms with E-state index in [-0.39, 0.29) is 11.2 Å². The molecule has 0 spiro atoms. The van der Waals surface area contributed by atoms with Crippen LogP contribution in [-0.4, -0.2) is 0 Å². The largest absolute Gasteiger partial charge is 0.212 e. The van der Waals surface area contributed by atoms with E-state index in [9.17, 15) is 4.39 Å². The molecule has 0 amide bonds. The molecule has 0 nitrogen and oxygen atoms in total. The highest BCUT2D eigenvalue weighted by Crippen LogP contribution is 2.51. The van der Waals surface area contributed by atoms with Crippen molar-refractivity contribution >= 4 is 28.2 Å². The zero-order valence-corrected chi connectivity index (χ0v) is 12.1. The van der Waals surface area contributed by atoms with Crippen LogP contribution >= 0.6 is 22.6 Å². The van der Waals surface area contributed by atoms with Crippen molar-refractivity contribution in [3.05, 3.63) is 50.4 Å². The lowest BCUT2D eigenvalue weighted by molar-refractivity contribution is 0.574. The second-order valence-corrected chi connectivity index (χ2v) is 6.54. The summed E-state index contributed by atoms with van der Waals surface area (Å²) in [5.74, 6) is 0.0272. The molecule has 2 heteroatoms. The average molecular weight is 340 g/mol. The second-order valence-electron chi connectivity index (χ2n) is 5.30. The molecule has 88 valence electrons. The monoisotopic (exact) mass is 340 g/mol. The van der Waals surface area contributed by atoms with E-state index < -0.39 is 0 Å². The first-order chi connectivity index (χ1) is 8.00. The van der Waals surface area contributed by atoms with Gasteiger partial charge in [0.25, 0.3) is 0 Å². The predicted octanol–water partition coefficient (Wildman–Crippen LogP) is 4.98. The molecular formula is C15H14FI. The number of rotatable bonds is 0. The van der Waals surface area contributed by atoms with Gasteiger partial charge in [-0.3, -0.25) is 0 Å². The van der Waals surface area contributed by atoms with Crippen LogP contribution in [-0.2, 0) is 5.41 Å². The van der Waals surface area contributed by atoms with E-state index in [1.807, 2.05) is 0 Å². The molecule has 0 N–H and O–H groups in total. The highest BCUT2D eigenvalue weighted by molar-refractivity contribution is 14.1. The maximum absolute atomic E-state index is 13.5. The molecule has 0 radical (unpaired) electrons. The van der Waals surface area contributed by atoms with Crippen LogP contribution in [0.2, 0.25) is 0 Å². The maximum Gasteiger partial charge on any atom is 0.101 e. The molecule has 0 fully saturated rings. The van der Waals surface area contributed by atoms with Gasteiger partial charge in [0, 0.05) is 15.4 Å². The summed E-state index contributed by atoms with van der Waals surface area (Å²) in [7, 11) is 0. The first-order valence-corrected chi connectivity index (χ1v) is 6.98. The molecule has 0 unspecified atom stereocenters. The van der Waals surface area contributed by atoms with Gasteiger partial charge in [0.15, 0.2) is 0 Å². The molecule has 17 heavy (non-hydrogen) atoms. The second kappa shape index (κ2) is 3.67. The van der Waals surface area contributed by atoms with E-state index in [4.69, 9.17) is 0 Å². The minimum atomic E-state index is -0.0520. The molecule has 2 aliphatic rings. The van der Waals surface area contributed by atoms with Crippen molar-refractivity contribution in [2.75, 3.05) is 0 Å². The Bertz CT molecular complexity index is 564. The van der Waals surface area contributed by atoms with Crippen molar-refractivity contribution in [1.29, 1.82) is 0 Å². The SMILES string of the molecule is CC1(C)C2=C(CCC(F)=C2)c2ccc(I)cc21. The van der Waals surface area contributed by atoms with Crippen LogP contribution in [0.25, 0.3) is 5.57 Å². The van der Waals surface area contributed by atoms with Gasteiger partial charge in [-0.25, -0.2) is 4.39 Å². The molecule has 0 saturated carbocycles. The minimum Gasteiger partial charge on any atom is -0.212 e. The topological polar surface area (TPSA) is 0 Å². The van der Waals surface area contributed by atoms with Crippen LogP contribution < -0.4 is 0 Å². The quantitative estimate of drug-likeness (QED) is 0.584. The lowest BCUT2D eigenvalue weighted by Gasteiger charge is -2.24. The van der Waals surface area contributed by atoms with E-state index in [0.717, 1.165) is 6.42 Å². The molecule has 0 bridgehead atoms.